The van der Waals surface area contributed by atoms with Crippen LogP contribution in [0.25, 0.3) is 0 Å². The lowest BCUT2D eigenvalue weighted by atomic mass is 10.2. The number of rotatable bonds is 5. The first-order chi connectivity index (χ1) is 6.24. The third-order valence-corrected chi connectivity index (χ3v) is 3.47. The smallest absolute Gasteiger partial charge is 0.180 e. The number of hydrogen-bond acceptors (Lipinski definition) is 5. The molecule has 0 aromatic carbocycles. The number of nitrogens with two attached hydrogens (primary N) is 1. The molecule has 1 aromatic heterocycles. The molecule has 0 aliphatic rings. The lowest BCUT2D eigenvalue weighted by molar-refractivity contribution is 0.178. The largest absolute Gasteiger partial charge is 0.387 e. The van der Waals surface area contributed by atoms with Crippen LogP contribution in [0.5, 0.6) is 0 Å². The highest BCUT2D eigenvalue weighted by Gasteiger charge is 2.09. The second kappa shape index (κ2) is 5.47. The molecule has 3 N–H and O–H groups in total. The molecular weight excluding hydrogens is 204 g/mol. The topological polar surface area (TPSA) is 59.1 Å². The van der Waals surface area contributed by atoms with Crippen molar-refractivity contribution in [2.45, 2.75) is 19.4 Å². The molecule has 0 amide bonds. The molecular formula is C8H14N2OS2. The van der Waals surface area contributed by atoms with Crippen LogP contribution in [0.4, 0.5) is 5.13 Å². The molecule has 1 rings (SSSR count). The molecule has 0 radical (unpaired) electrons. The minimum absolute atomic E-state index is 0.395. The molecule has 0 fully saturated rings. The third kappa shape index (κ3) is 3.54. The van der Waals surface area contributed by atoms with Crippen LogP contribution >= 0.6 is 23.1 Å². The van der Waals surface area contributed by atoms with E-state index in [1.54, 1.807) is 6.20 Å². The lowest BCUT2D eigenvalue weighted by Gasteiger charge is -2.05. The minimum Gasteiger partial charge on any atom is -0.387 e. The van der Waals surface area contributed by atoms with E-state index in [1.807, 2.05) is 11.8 Å². The summed E-state index contributed by atoms with van der Waals surface area (Å²) in [5.41, 5.74) is 5.46. The summed E-state index contributed by atoms with van der Waals surface area (Å²) in [4.78, 5) is 4.77. The van der Waals surface area contributed by atoms with Crippen molar-refractivity contribution in [2.75, 3.05) is 17.2 Å². The Kier molecular flexibility index (Phi) is 4.55. The highest BCUT2D eigenvalue weighted by atomic mass is 32.2. The summed E-state index contributed by atoms with van der Waals surface area (Å²) in [6.45, 7) is 2.11. The zero-order valence-electron chi connectivity index (χ0n) is 7.56. The van der Waals surface area contributed by atoms with Crippen LogP contribution in [0.3, 0.4) is 0 Å². The number of hydrogen-bond donors (Lipinski definition) is 2. The maximum Gasteiger partial charge on any atom is 0.180 e. The van der Waals surface area contributed by atoms with Crippen molar-refractivity contribution in [1.29, 1.82) is 0 Å². The van der Waals surface area contributed by atoms with Gasteiger partial charge in [0.1, 0.15) is 0 Å². The minimum atomic E-state index is -0.395. The summed E-state index contributed by atoms with van der Waals surface area (Å²) >= 11 is 3.19. The molecule has 1 atom stereocenters. The second-order valence-corrected chi connectivity index (χ2v) is 5.09. The number of nitrogen functional groups attached to an aromatic ring is 1. The van der Waals surface area contributed by atoms with Gasteiger partial charge in [-0.25, -0.2) is 4.98 Å². The molecule has 0 saturated heterocycles. The Balaban J connectivity index is 2.35. The summed E-state index contributed by atoms with van der Waals surface area (Å²) in [7, 11) is 0. The van der Waals surface area contributed by atoms with Crippen LogP contribution in [0.1, 0.15) is 24.3 Å². The molecule has 0 aliphatic carbocycles. The van der Waals surface area contributed by atoms with E-state index in [1.165, 1.54) is 11.3 Å². The summed E-state index contributed by atoms with van der Waals surface area (Å²) in [5, 5.41) is 10.2. The quantitative estimate of drug-likeness (QED) is 0.741. The van der Waals surface area contributed by atoms with E-state index in [2.05, 4.69) is 11.9 Å². The van der Waals surface area contributed by atoms with Gasteiger partial charge >= 0.3 is 0 Å². The normalized spacial score (nSPS) is 13.1. The molecule has 74 valence electrons. The number of aromatic nitrogens is 1. The van der Waals surface area contributed by atoms with Crippen LogP contribution in [-0.2, 0) is 0 Å². The predicted molar refractivity (Wildman–Crippen MR) is 59.1 cm³/mol. The fourth-order valence-corrected chi connectivity index (χ4v) is 2.32. The van der Waals surface area contributed by atoms with E-state index >= 15 is 0 Å². The number of thioether (sulfide) groups is 1. The monoisotopic (exact) mass is 218 g/mol. The van der Waals surface area contributed by atoms with Gasteiger partial charge in [0.2, 0.25) is 0 Å². The Bertz CT molecular complexity index is 252. The Morgan fingerprint density at radius 3 is 3.08 bits per heavy atom. The van der Waals surface area contributed by atoms with E-state index < -0.39 is 6.10 Å². The van der Waals surface area contributed by atoms with Crippen LogP contribution in [0.15, 0.2) is 6.20 Å². The first-order valence-electron chi connectivity index (χ1n) is 4.21. The molecule has 3 nitrogen and oxygen atoms in total. The van der Waals surface area contributed by atoms with Crippen molar-refractivity contribution in [1.82, 2.24) is 4.98 Å². The molecule has 1 heterocycles. The lowest BCUT2D eigenvalue weighted by Crippen LogP contribution is -1.96. The van der Waals surface area contributed by atoms with Gasteiger partial charge in [-0.3, -0.25) is 0 Å². The summed E-state index contributed by atoms with van der Waals surface area (Å²) in [5.74, 6) is 2.08. The molecule has 5 heteroatoms. The van der Waals surface area contributed by atoms with E-state index in [4.69, 9.17) is 5.73 Å². The highest BCUT2D eigenvalue weighted by Crippen LogP contribution is 2.25. The number of thiazole rings is 1. The summed E-state index contributed by atoms with van der Waals surface area (Å²) in [6, 6.07) is 0. The molecule has 0 spiro atoms. The zero-order chi connectivity index (χ0) is 9.68. The molecule has 0 saturated carbocycles. The second-order valence-electron chi connectivity index (χ2n) is 2.60. The maximum atomic E-state index is 9.66. The number of nitrogens with zero attached hydrogens (tertiary/aromatic N) is 1. The van der Waals surface area contributed by atoms with E-state index in [-0.39, 0.29) is 0 Å². The maximum absolute atomic E-state index is 9.66. The van der Waals surface area contributed by atoms with Crippen LogP contribution in [-0.4, -0.2) is 21.6 Å². The average Bonchev–Trinajstić information content (AvgIpc) is 2.52. The van der Waals surface area contributed by atoms with Gasteiger partial charge < -0.3 is 10.8 Å². The fourth-order valence-electron chi connectivity index (χ4n) is 0.936. The van der Waals surface area contributed by atoms with Crippen molar-refractivity contribution in [3.05, 3.63) is 11.1 Å². The van der Waals surface area contributed by atoms with Gasteiger partial charge in [0.05, 0.1) is 11.0 Å². The Morgan fingerprint density at radius 1 is 1.77 bits per heavy atom. The van der Waals surface area contributed by atoms with Gasteiger partial charge in [-0.15, -0.1) is 0 Å². The van der Waals surface area contributed by atoms with Gasteiger partial charge in [-0.2, -0.15) is 11.8 Å². The van der Waals surface area contributed by atoms with Crippen molar-refractivity contribution < 1.29 is 5.11 Å². The first-order valence-corrected chi connectivity index (χ1v) is 6.18. The molecule has 13 heavy (non-hydrogen) atoms. The standard InChI is InChI=1S/C8H14N2OS2/c1-2-12-4-3-6(11)7-5-10-8(9)13-7/h5-6,11H,2-4H2,1H3,(H2,9,10). The average molecular weight is 218 g/mol. The van der Waals surface area contributed by atoms with E-state index in [0.717, 1.165) is 22.8 Å². The number of anilines is 1. The van der Waals surface area contributed by atoms with Crippen LogP contribution in [0, 0.1) is 0 Å². The fraction of sp³-hybridized carbons (Fsp3) is 0.625. The number of aliphatic hydroxyl groups is 1. The SMILES string of the molecule is CCSCCC(O)c1cnc(N)s1. The van der Waals surface area contributed by atoms with Crippen molar-refractivity contribution in [3.8, 4) is 0 Å². The zero-order valence-corrected chi connectivity index (χ0v) is 9.20. The molecule has 0 bridgehead atoms. The number of aliphatic hydroxyl groups excluding tert-OH is 1. The Labute approximate surface area is 86.4 Å². The molecule has 1 unspecified atom stereocenters. The van der Waals surface area contributed by atoms with Gasteiger partial charge in [0.25, 0.3) is 0 Å². The first kappa shape index (κ1) is 10.8. The Morgan fingerprint density at radius 2 is 2.54 bits per heavy atom. The van der Waals surface area contributed by atoms with Crippen LogP contribution < -0.4 is 5.73 Å². The van der Waals surface area contributed by atoms with Crippen molar-refractivity contribution >= 4 is 28.2 Å². The summed E-state index contributed by atoms with van der Waals surface area (Å²) in [6.07, 6.45) is 2.04. The van der Waals surface area contributed by atoms with E-state index in [9.17, 15) is 5.11 Å². The van der Waals surface area contributed by atoms with Crippen LogP contribution in [0.2, 0.25) is 0 Å². The molecule has 0 aliphatic heterocycles. The highest BCUT2D eigenvalue weighted by molar-refractivity contribution is 7.99. The predicted octanol–water partition coefficient (Wildman–Crippen LogP) is 1.90. The summed E-state index contributed by atoms with van der Waals surface area (Å²) < 4.78 is 0. The van der Waals surface area contributed by atoms with Crippen molar-refractivity contribution in [3.63, 3.8) is 0 Å². The molecule has 1 aromatic rings. The third-order valence-electron chi connectivity index (χ3n) is 1.61. The Hall–Kier alpha value is -0.260. The van der Waals surface area contributed by atoms with Gasteiger partial charge in [-0.1, -0.05) is 18.3 Å². The van der Waals surface area contributed by atoms with Crippen molar-refractivity contribution in [2.24, 2.45) is 0 Å². The van der Waals surface area contributed by atoms with Gasteiger partial charge in [-0.05, 0) is 17.9 Å². The van der Waals surface area contributed by atoms with Gasteiger partial charge in [0.15, 0.2) is 5.13 Å². The van der Waals surface area contributed by atoms with Gasteiger partial charge in [0, 0.05) is 6.20 Å². The van der Waals surface area contributed by atoms with E-state index in [0.29, 0.717) is 5.13 Å².